The maximum atomic E-state index is 6.48. The summed E-state index contributed by atoms with van der Waals surface area (Å²) in [6.07, 6.45) is 0. The van der Waals surface area contributed by atoms with E-state index in [1.807, 2.05) is 6.07 Å². The second-order valence-electron chi connectivity index (χ2n) is 13.3. The molecule has 3 heterocycles. The first-order chi connectivity index (χ1) is 25.7. The van der Waals surface area contributed by atoms with Crippen LogP contribution in [0.15, 0.2) is 174 Å². The van der Waals surface area contributed by atoms with Crippen LogP contribution in [0.2, 0.25) is 0 Å². The van der Waals surface area contributed by atoms with Gasteiger partial charge < -0.3 is 8.98 Å². The minimum Gasteiger partial charge on any atom is -0.456 e. The summed E-state index contributed by atoms with van der Waals surface area (Å²) in [5.74, 6) is 1.82. The van der Waals surface area contributed by atoms with Gasteiger partial charge in [0.05, 0.1) is 11.0 Å². The lowest BCUT2D eigenvalue weighted by molar-refractivity contribution is 0.669. The predicted molar refractivity (Wildman–Crippen MR) is 213 cm³/mol. The van der Waals surface area contributed by atoms with Crippen molar-refractivity contribution in [1.29, 1.82) is 0 Å². The molecule has 0 aliphatic heterocycles. The first kappa shape index (κ1) is 28.7. The molecule has 11 aromatic rings. The molecule has 11 rings (SSSR count). The molecule has 8 aromatic carbocycles. The van der Waals surface area contributed by atoms with Crippen molar-refractivity contribution in [3.8, 4) is 39.9 Å². The summed E-state index contributed by atoms with van der Waals surface area (Å²) in [4.78, 5) is 15.6. The Morgan fingerprint density at radius 3 is 1.83 bits per heavy atom. The van der Waals surface area contributed by atoms with Gasteiger partial charge in [0.2, 0.25) is 0 Å². The van der Waals surface area contributed by atoms with Gasteiger partial charge in [-0.25, -0.2) is 15.0 Å². The summed E-state index contributed by atoms with van der Waals surface area (Å²) in [6.45, 7) is 0. The molecule has 0 aliphatic carbocycles. The molecule has 52 heavy (non-hydrogen) atoms. The van der Waals surface area contributed by atoms with Gasteiger partial charge in [0.15, 0.2) is 17.5 Å². The second-order valence-corrected chi connectivity index (χ2v) is 13.3. The van der Waals surface area contributed by atoms with Crippen LogP contribution in [0.1, 0.15) is 0 Å². The highest BCUT2D eigenvalue weighted by Crippen LogP contribution is 2.39. The summed E-state index contributed by atoms with van der Waals surface area (Å²) in [5.41, 5.74) is 7.72. The number of aromatic nitrogens is 4. The van der Waals surface area contributed by atoms with Crippen molar-refractivity contribution in [3.63, 3.8) is 0 Å². The molecule has 5 heteroatoms. The van der Waals surface area contributed by atoms with Crippen molar-refractivity contribution in [2.24, 2.45) is 0 Å². The number of hydrogen-bond donors (Lipinski definition) is 0. The van der Waals surface area contributed by atoms with Crippen molar-refractivity contribution in [2.75, 3.05) is 0 Å². The van der Waals surface area contributed by atoms with Gasteiger partial charge in [0.25, 0.3) is 0 Å². The molecule has 3 aromatic heterocycles. The van der Waals surface area contributed by atoms with E-state index in [2.05, 4.69) is 168 Å². The average Bonchev–Trinajstić information content (AvgIpc) is 3.74. The number of hydrogen-bond acceptors (Lipinski definition) is 4. The Balaban J connectivity index is 1.16. The van der Waals surface area contributed by atoms with Gasteiger partial charge in [-0.3, -0.25) is 0 Å². The maximum Gasteiger partial charge on any atom is 0.164 e. The van der Waals surface area contributed by atoms with Crippen LogP contribution in [-0.2, 0) is 0 Å². The fourth-order valence-electron chi connectivity index (χ4n) is 7.75. The van der Waals surface area contributed by atoms with Crippen molar-refractivity contribution in [1.82, 2.24) is 19.5 Å². The first-order valence-electron chi connectivity index (χ1n) is 17.4. The number of fused-ring (bicyclic) bond motifs is 8. The Bertz CT molecular complexity index is 3190. The van der Waals surface area contributed by atoms with Gasteiger partial charge in [-0.1, -0.05) is 115 Å². The molecule has 0 spiro atoms. The summed E-state index contributed by atoms with van der Waals surface area (Å²) in [7, 11) is 0. The Labute approximate surface area is 298 Å². The molecule has 0 saturated carbocycles. The van der Waals surface area contributed by atoms with Crippen LogP contribution in [0.25, 0.3) is 105 Å². The zero-order valence-electron chi connectivity index (χ0n) is 27.9. The van der Waals surface area contributed by atoms with E-state index >= 15 is 0 Å². The van der Waals surface area contributed by atoms with E-state index in [0.29, 0.717) is 17.5 Å². The molecule has 0 radical (unpaired) electrons. The van der Waals surface area contributed by atoms with Crippen molar-refractivity contribution in [3.05, 3.63) is 170 Å². The molecule has 242 valence electrons. The lowest BCUT2D eigenvalue weighted by atomic mass is 10.0. The normalized spacial score (nSPS) is 11.8. The molecular formula is C47H28N4O. The van der Waals surface area contributed by atoms with E-state index < -0.39 is 0 Å². The molecule has 0 atom stereocenters. The Kier molecular flexibility index (Phi) is 6.18. The molecular weight excluding hydrogens is 637 g/mol. The number of para-hydroxylation sites is 2. The van der Waals surface area contributed by atoms with Crippen molar-refractivity contribution in [2.45, 2.75) is 0 Å². The molecule has 0 fully saturated rings. The smallest absolute Gasteiger partial charge is 0.164 e. The molecule has 0 saturated heterocycles. The minimum absolute atomic E-state index is 0.587. The van der Waals surface area contributed by atoms with E-state index in [4.69, 9.17) is 19.4 Å². The molecule has 0 aliphatic rings. The summed E-state index contributed by atoms with van der Waals surface area (Å²) >= 11 is 0. The fourth-order valence-corrected chi connectivity index (χ4v) is 7.75. The highest BCUT2D eigenvalue weighted by molar-refractivity contribution is 6.15. The third kappa shape index (κ3) is 4.46. The highest BCUT2D eigenvalue weighted by atomic mass is 16.3. The lowest BCUT2D eigenvalue weighted by Gasteiger charge is -2.11. The van der Waals surface area contributed by atoms with Crippen molar-refractivity contribution >= 4 is 65.3 Å². The van der Waals surface area contributed by atoms with Crippen LogP contribution in [-0.4, -0.2) is 19.5 Å². The van der Waals surface area contributed by atoms with Crippen LogP contribution < -0.4 is 0 Å². The monoisotopic (exact) mass is 664 g/mol. The summed E-state index contributed by atoms with van der Waals surface area (Å²) in [6, 6.07) is 59.2. The largest absolute Gasteiger partial charge is 0.456 e. The summed E-state index contributed by atoms with van der Waals surface area (Å²) < 4.78 is 8.80. The molecule has 0 bridgehead atoms. The van der Waals surface area contributed by atoms with E-state index in [9.17, 15) is 0 Å². The Morgan fingerprint density at radius 2 is 1.00 bits per heavy atom. The van der Waals surface area contributed by atoms with Gasteiger partial charge in [-0.05, 0) is 76.1 Å². The SMILES string of the molecule is c1ccc(-n2c3ccccc3c3c(-c4nc(-c5ccc6ccccc6c5)nc(-c5ccc6c(c5)oc5cc7ccccc7cc56)n4)cccc32)cc1. The number of benzene rings is 8. The minimum atomic E-state index is 0.587. The fraction of sp³-hybridized carbons (Fsp3) is 0. The van der Waals surface area contributed by atoms with Crippen LogP contribution in [0.5, 0.6) is 0 Å². The Morgan fingerprint density at radius 1 is 0.385 bits per heavy atom. The third-order valence-electron chi connectivity index (χ3n) is 10.2. The quantitative estimate of drug-likeness (QED) is 0.188. The number of nitrogens with zero attached hydrogens (tertiary/aromatic N) is 4. The van der Waals surface area contributed by atoms with Gasteiger partial charge in [-0.15, -0.1) is 0 Å². The standard InChI is InChI=1S/C47H28N4O/c1-2-15-35(16-3-1)51-40-19-9-8-17-37(40)44-38(18-10-20-41(44)51)47-49-45(33-22-21-29-11-4-5-12-30(29)25-33)48-46(50-47)34-23-24-36-39-26-31-13-6-7-14-32(31)27-43(39)52-42(36)28-34/h1-28H. The molecule has 0 unspecified atom stereocenters. The van der Waals surface area contributed by atoms with Gasteiger partial charge in [0, 0.05) is 43.9 Å². The van der Waals surface area contributed by atoms with Crippen LogP contribution in [0, 0.1) is 0 Å². The average molecular weight is 665 g/mol. The molecule has 0 amide bonds. The van der Waals surface area contributed by atoms with E-state index in [1.54, 1.807) is 0 Å². The van der Waals surface area contributed by atoms with Gasteiger partial charge in [0.1, 0.15) is 11.2 Å². The first-order valence-corrected chi connectivity index (χ1v) is 17.4. The highest BCUT2D eigenvalue weighted by Gasteiger charge is 2.20. The predicted octanol–water partition coefficient (Wildman–Crippen LogP) is 12.2. The van der Waals surface area contributed by atoms with Crippen LogP contribution >= 0.6 is 0 Å². The zero-order chi connectivity index (χ0) is 34.2. The topological polar surface area (TPSA) is 56.7 Å². The number of furan rings is 1. The van der Waals surface area contributed by atoms with Gasteiger partial charge in [-0.2, -0.15) is 0 Å². The summed E-state index contributed by atoms with van der Waals surface area (Å²) in [5, 5.41) is 9.04. The van der Waals surface area contributed by atoms with E-state index in [1.165, 1.54) is 10.8 Å². The molecule has 5 nitrogen and oxygen atoms in total. The molecule has 0 N–H and O–H groups in total. The van der Waals surface area contributed by atoms with Crippen LogP contribution in [0.3, 0.4) is 0 Å². The maximum absolute atomic E-state index is 6.48. The van der Waals surface area contributed by atoms with E-state index in [0.717, 1.165) is 76.9 Å². The number of rotatable bonds is 4. The second kappa shape index (κ2) is 11.2. The zero-order valence-corrected chi connectivity index (χ0v) is 27.9. The third-order valence-corrected chi connectivity index (χ3v) is 10.2. The van der Waals surface area contributed by atoms with E-state index in [-0.39, 0.29) is 0 Å². The van der Waals surface area contributed by atoms with Crippen LogP contribution in [0.4, 0.5) is 0 Å². The van der Waals surface area contributed by atoms with Crippen molar-refractivity contribution < 1.29 is 4.42 Å². The lowest BCUT2D eigenvalue weighted by Crippen LogP contribution is -2.00. The van der Waals surface area contributed by atoms with Gasteiger partial charge >= 0.3 is 0 Å². The Hall–Kier alpha value is -7.11.